The first-order valence-electron chi connectivity index (χ1n) is 15.1. The molecule has 4 aromatic carbocycles. The van der Waals surface area contributed by atoms with Crippen LogP contribution in [0.15, 0.2) is 115 Å². The van der Waals surface area contributed by atoms with Crippen LogP contribution in [0.5, 0.6) is 5.75 Å². The Kier molecular flexibility index (Phi) is 8.52. The van der Waals surface area contributed by atoms with Crippen molar-refractivity contribution in [2.45, 2.75) is 20.8 Å². The number of pyridine rings is 1. The molecule has 230 valence electrons. The molecular formula is C38H33N3O5. The molecular weight excluding hydrogens is 578 g/mol. The van der Waals surface area contributed by atoms with Gasteiger partial charge in [0.05, 0.1) is 24.2 Å². The van der Waals surface area contributed by atoms with Crippen LogP contribution >= 0.6 is 0 Å². The lowest BCUT2D eigenvalue weighted by molar-refractivity contribution is 0.0506. The zero-order valence-electron chi connectivity index (χ0n) is 25.8. The Labute approximate surface area is 266 Å². The number of hydrogen-bond donors (Lipinski definition) is 1. The van der Waals surface area contributed by atoms with Gasteiger partial charge in [0.1, 0.15) is 11.2 Å². The molecule has 0 spiro atoms. The number of rotatable bonds is 6. The quantitative estimate of drug-likeness (QED) is 0.191. The summed E-state index contributed by atoms with van der Waals surface area (Å²) in [7, 11) is 0. The van der Waals surface area contributed by atoms with E-state index >= 15 is 0 Å². The van der Waals surface area contributed by atoms with E-state index in [0.29, 0.717) is 17.8 Å². The van der Waals surface area contributed by atoms with Crippen molar-refractivity contribution >= 4 is 44.6 Å². The Morgan fingerprint density at radius 1 is 0.652 bits per heavy atom. The van der Waals surface area contributed by atoms with Crippen LogP contribution < -0.4 is 0 Å². The molecule has 0 aliphatic heterocycles. The number of esters is 2. The topological polar surface area (TPSA) is 95.6 Å². The second-order valence-corrected chi connectivity index (χ2v) is 10.5. The largest absolute Gasteiger partial charge is 0.504 e. The van der Waals surface area contributed by atoms with E-state index in [1.54, 1.807) is 13.1 Å². The number of aromatic nitrogens is 3. The van der Waals surface area contributed by atoms with E-state index in [9.17, 15) is 14.7 Å². The number of ether oxygens (including phenoxy) is 2. The Hall–Kier alpha value is -5.89. The summed E-state index contributed by atoms with van der Waals surface area (Å²) in [5.74, 6) is -1.09. The molecule has 0 saturated carbocycles. The molecule has 3 heterocycles. The van der Waals surface area contributed by atoms with Gasteiger partial charge in [-0.3, -0.25) is 0 Å². The van der Waals surface area contributed by atoms with Gasteiger partial charge in [0.25, 0.3) is 0 Å². The maximum atomic E-state index is 12.4. The number of aromatic hydroxyl groups is 1. The van der Waals surface area contributed by atoms with E-state index in [2.05, 4.69) is 4.98 Å². The molecule has 0 aliphatic carbocycles. The molecule has 0 fully saturated rings. The maximum Gasteiger partial charge on any atom is 0.360 e. The molecule has 0 amide bonds. The van der Waals surface area contributed by atoms with Gasteiger partial charge in [0.2, 0.25) is 0 Å². The van der Waals surface area contributed by atoms with E-state index in [-0.39, 0.29) is 24.0 Å². The number of para-hydroxylation sites is 4. The van der Waals surface area contributed by atoms with E-state index in [0.717, 1.165) is 44.1 Å². The molecule has 0 saturated heterocycles. The standard InChI is InChI=1S/C20H16N2O3.C18H17NO2/c1-2-25-20(24)17-19(23)18-15(12-21-17)14-10-6-7-11-16(14)22(18)13-8-4-3-5-9-13;1-3-21-18(20)17-13(2)15-11-7-8-12-16(15)19(17)14-9-5-4-6-10-14/h3-12,23H,2H2,1H3;4-12H,3H2,1-2H3. The smallest absolute Gasteiger partial charge is 0.360 e. The van der Waals surface area contributed by atoms with E-state index in [1.165, 1.54) is 0 Å². The van der Waals surface area contributed by atoms with Crippen molar-refractivity contribution in [2.24, 2.45) is 0 Å². The van der Waals surface area contributed by atoms with Crippen LogP contribution in [0.4, 0.5) is 0 Å². The highest BCUT2D eigenvalue weighted by molar-refractivity contribution is 6.12. The molecule has 7 aromatic rings. The predicted octanol–water partition coefficient (Wildman–Crippen LogP) is 8.18. The Morgan fingerprint density at radius 3 is 1.76 bits per heavy atom. The lowest BCUT2D eigenvalue weighted by Gasteiger charge is -2.10. The number of nitrogens with zero attached hydrogens (tertiary/aromatic N) is 3. The van der Waals surface area contributed by atoms with Crippen LogP contribution in [-0.2, 0) is 9.47 Å². The van der Waals surface area contributed by atoms with Gasteiger partial charge in [-0.15, -0.1) is 0 Å². The highest BCUT2D eigenvalue weighted by Gasteiger charge is 2.23. The van der Waals surface area contributed by atoms with Crippen LogP contribution in [0, 0.1) is 6.92 Å². The van der Waals surface area contributed by atoms with Gasteiger partial charge in [-0.2, -0.15) is 0 Å². The van der Waals surface area contributed by atoms with Crippen molar-refractivity contribution in [2.75, 3.05) is 13.2 Å². The van der Waals surface area contributed by atoms with Crippen molar-refractivity contribution in [1.29, 1.82) is 0 Å². The number of carbonyl (C=O) groups is 2. The molecule has 7 rings (SSSR count). The monoisotopic (exact) mass is 611 g/mol. The molecule has 8 heteroatoms. The van der Waals surface area contributed by atoms with Crippen molar-refractivity contribution < 1.29 is 24.2 Å². The fourth-order valence-corrected chi connectivity index (χ4v) is 5.82. The fraction of sp³-hybridized carbons (Fsp3) is 0.132. The van der Waals surface area contributed by atoms with Crippen LogP contribution in [0.1, 0.15) is 40.4 Å². The molecule has 0 radical (unpaired) electrons. The third kappa shape index (κ3) is 5.34. The van der Waals surface area contributed by atoms with Crippen LogP contribution in [0.2, 0.25) is 0 Å². The number of benzene rings is 4. The number of hydrogen-bond acceptors (Lipinski definition) is 6. The van der Waals surface area contributed by atoms with Gasteiger partial charge in [-0.05, 0) is 62.7 Å². The molecule has 0 unspecified atom stereocenters. The Balaban J connectivity index is 0.000000164. The number of fused-ring (bicyclic) bond motifs is 4. The van der Waals surface area contributed by atoms with Gasteiger partial charge in [-0.1, -0.05) is 72.8 Å². The lowest BCUT2D eigenvalue weighted by Crippen LogP contribution is -2.12. The molecule has 0 aliphatic rings. The third-order valence-electron chi connectivity index (χ3n) is 7.78. The summed E-state index contributed by atoms with van der Waals surface area (Å²) >= 11 is 0. The van der Waals surface area contributed by atoms with Crippen molar-refractivity contribution in [3.8, 4) is 17.1 Å². The summed E-state index contributed by atoms with van der Waals surface area (Å²) in [4.78, 5) is 28.6. The predicted molar refractivity (Wildman–Crippen MR) is 180 cm³/mol. The summed E-state index contributed by atoms with van der Waals surface area (Å²) in [6.45, 7) is 6.10. The average Bonchev–Trinajstić information content (AvgIpc) is 3.59. The summed E-state index contributed by atoms with van der Waals surface area (Å²) in [5, 5.41) is 13.6. The van der Waals surface area contributed by atoms with Crippen molar-refractivity contribution in [3.63, 3.8) is 0 Å². The van der Waals surface area contributed by atoms with Gasteiger partial charge >= 0.3 is 11.9 Å². The number of aryl methyl sites for hydroxylation is 1. The van der Waals surface area contributed by atoms with Crippen molar-refractivity contribution in [1.82, 2.24) is 14.1 Å². The second-order valence-electron chi connectivity index (χ2n) is 10.5. The molecule has 8 nitrogen and oxygen atoms in total. The highest BCUT2D eigenvalue weighted by Crippen LogP contribution is 2.37. The number of carbonyl (C=O) groups excluding carboxylic acids is 2. The zero-order valence-corrected chi connectivity index (χ0v) is 25.8. The van der Waals surface area contributed by atoms with Crippen molar-refractivity contribution in [3.05, 3.63) is 132 Å². The Bertz CT molecular complexity index is 2180. The van der Waals surface area contributed by atoms with Crippen LogP contribution in [0.3, 0.4) is 0 Å². The van der Waals surface area contributed by atoms with E-state index < -0.39 is 5.97 Å². The van der Waals surface area contributed by atoms with Gasteiger partial charge in [-0.25, -0.2) is 14.6 Å². The lowest BCUT2D eigenvalue weighted by atomic mass is 10.1. The highest BCUT2D eigenvalue weighted by atomic mass is 16.5. The van der Waals surface area contributed by atoms with E-state index in [4.69, 9.17) is 9.47 Å². The normalized spacial score (nSPS) is 10.9. The zero-order chi connectivity index (χ0) is 32.2. The van der Waals surface area contributed by atoms with Gasteiger partial charge < -0.3 is 23.7 Å². The summed E-state index contributed by atoms with van der Waals surface area (Å²) in [5.41, 5.74) is 5.83. The first kappa shape index (κ1) is 30.1. The second kappa shape index (κ2) is 13.0. The fourth-order valence-electron chi connectivity index (χ4n) is 5.82. The van der Waals surface area contributed by atoms with Crippen LogP contribution in [0.25, 0.3) is 44.1 Å². The average molecular weight is 612 g/mol. The minimum atomic E-state index is -0.633. The van der Waals surface area contributed by atoms with Gasteiger partial charge in [0, 0.05) is 33.7 Å². The third-order valence-corrected chi connectivity index (χ3v) is 7.78. The molecule has 3 aromatic heterocycles. The van der Waals surface area contributed by atoms with Gasteiger partial charge in [0.15, 0.2) is 11.4 Å². The minimum Gasteiger partial charge on any atom is -0.504 e. The molecule has 0 bridgehead atoms. The Morgan fingerprint density at radius 2 is 1.15 bits per heavy atom. The molecule has 0 atom stereocenters. The minimum absolute atomic E-state index is 0.0747. The van der Waals surface area contributed by atoms with Crippen LogP contribution in [-0.4, -0.2) is 44.4 Å². The summed E-state index contributed by atoms with van der Waals surface area (Å²) in [6, 6.07) is 35.5. The molecule has 1 N–H and O–H groups in total. The first-order valence-corrected chi connectivity index (χ1v) is 15.1. The first-order chi connectivity index (χ1) is 22.5. The SMILES string of the molecule is CCOC(=O)c1c(C)c2ccccc2n1-c1ccccc1.CCOC(=O)c1ncc2c3ccccc3n(-c3ccccc3)c2c1O. The maximum absolute atomic E-state index is 12.4. The molecule has 46 heavy (non-hydrogen) atoms. The summed E-state index contributed by atoms with van der Waals surface area (Å²) in [6.07, 6.45) is 1.61. The van der Waals surface area contributed by atoms with E-state index in [1.807, 2.05) is 132 Å². The summed E-state index contributed by atoms with van der Waals surface area (Å²) < 4.78 is 14.2.